The average molecular weight is 470 g/mol. The van der Waals surface area contributed by atoms with Gasteiger partial charge in [-0.15, -0.1) is 10.2 Å². The van der Waals surface area contributed by atoms with Crippen LogP contribution in [0, 0.1) is 0 Å². The molecule has 9 nitrogen and oxygen atoms in total. The van der Waals surface area contributed by atoms with E-state index in [-0.39, 0.29) is 23.0 Å². The smallest absolute Gasteiger partial charge is 0.163 e. The summed E-state index contributed by atoms with van der Waals surface area (Å²) in [6.07, 6.45) is 5.94. The third kappa shape index (κ3) is 4.62. The van der Waals surface area contributed by atoms with Gasteiger partial charge in [-0.3, -0.25) is 0 Å². The second-order valence-corrected chi connectivity index (χ2v) is 11.4. The first-order valence-corrected chi connectivity index (χ1v) is 12.6. The van der Waals surface area contributed by atoms with Gasteiger partial charge in [0, 0.05) is 37.6 Å². The Balaban J connectivity index is 1.61. The van der Waals surface area contributed by atoms with E-state index < -0.39 is 21.2 Å². The van der Waals surface area contributed by atoms with Crippen LogP contribution in [0.5, 0.6) is 0 Å². The second-order valence-electron chi connectivity index (χ2n) is 8.65. The molecule has 170 valence electrons. The lowest BCUT2D eigenvalue weighted by Crippen LogP contribution is -2.31. The minimum absolute atomic E-state index is 0.135. The van der Waals surface area contributed by atoms with Gasteiger partial charge in [-0.25, -0.2) is 18.4 Å². The molecular formula is C20H28ClN5O4S. The number of methoxy groups -OCH3 is 1. The zero-order chi connectivity index (χ0) is 22.2. The van der Waals surface area contributed by atoms with Crippen molar-refractivity contribution in [1.29, 1.82) is 0 Å². The quantitative estimate of drug-likeness (QED) is 0.580. The van der Waals surface area contributed by atoms with E-state index in [2.05, 4.69) is 31.7 Å². The number of halogens is 1. The van der Waals surface area contributed by atoms with Crippen LogP contribution in [0.1, 0.15) is 69.0 Å². The van der Waals surface area contributed by atoms with E-state index in [9.17, 15) is 8.42 Å². The summed E-state index contributed by atoms with van der Waals surface area (Å²) in [6, 6.07) is 0. The molecule has 3 atom stereocenters. The van der Waals surface area contributed by atoms with Gasteiger partial charge in [0.2, 0.25) is 0 Å². The van der Waals surface area contributed by atoms with Gasteiger partial charge in [0.15, 0.2) is 15.7 Å². The summed E-state index contributed by atoms with van der Waals surface area (Å²) < 4.78 is 39.9. The molecule has 1 saturated carbocycles. The highest BCUT2D eigenvalue weighted by atomic mass is 35.5. The second kappa shape index (κ2) is 8.73. The topological polar surface area (TPSA) is 109 Å². The van der Waals surface area contributed by atoms with Gasteiger partial charge in [0.1, 0.15) is 23.5 Å². The lowest BCUT2D eigenvalue weighted by atomic mass is 10.0. The van der Waals surface area contributed by atoms with E-state index in [1.54, 1.807) is 6.92 Å². The Morgan fingerprint density at radius 3 is 2.61 bits per heavy atom. The molecule has 2 fully saturated rings. The van der Waals surface area contributed by atoms with Crippen molar-refractivity contribution in [2.45, 2.75) is 68.1 Å². The summed E-state index contributed by atoms with van der Waals surface area (Å²) in [5, 5.41) is 8.24. The van der Waals surface area contributed by atoms with Crippen molar-refractivity contribution in [2.75, 3.05) is 20.3 Å². The standard InChI is InChI=1S/C20H28ClN5O4S/c1-13(17(29-3)18-22-9-15(21)10-23-18)31(27,28)12-16-24-25-19(14-5-4-8-30-11-14)26(16)20(2)6-7-20/h9-10,13-14,17H,4-8,11-12H2,1-3H3/t13-,14-,17-/m0/s1. The Morgan fingerprint density at radius 2 is 2.03 bits per heavy atom. The lowest BCUT2D eigenvalue weighted by Gasteiger charge is -2.26. The van der Waals surface area contributed by atoms with Crippen molar-refractivity contribution >= 4 is 21.4 Å². The molecule has 0 bridgehead atoms. The highest BCUT2D eigenvalue weighted by Crippen LogP contribution is 2.46. The monoisotopic (exact) mass is 469 g/mol. The van der Waals surface area contributed by atoms with Crippen molar-refractivity contribution in [3.8, 4) is 0 Å². The molecule has 1 aliphatic heterocycles. The van der Waals surface area contributed by atoms with Crippen LogP contribution in [0.25, 0.3) is 0 Å². The van der Waals surface area contributed by atoms with E-state index >= 15 is 0 Å². The number of ether oxygens (including phenoxy) is 2. The number of nitrogens with zero attached hydrogens (tertiary/aromatic N) is 5. The molecule has 0 spiro atoms. The summed E-state index contributed by atoms with van der Waals surface area (Å²) in [4.78, 5) is 8.29. The summed E-state index contributed by atoms with van der Waals surface area (Å²) in [5.41, 5.74) is -0.135. The minimum Gasteiger partial charge on any atom is -0.381 e. The maximum Gasteiger partial charge on any atom is 0.163 e. The fraction of sp³-hybridized carbons (Fsp3) is 0.700. The molecule has 0 N–H and O–H groups in total. The van der Waals surface area contributed by atoms with E-state index in [4.69, 9.17) is 21.1 Å². The molecule has 0 unspecified atom stereocenters. The maximum atomic E-state index is 13.4. The van der Waals surface area contributed by atoms with E-state index in [0.717, 1.165) is 38.1 Å². The molecule has 2 aromatic heterocycles. The Hall–Kier alpha value is -1.62. The normalized spacial score (nSPS) is 22.8. The fourth-order valence-corrected chi connectivity index (χ4v) is 5.62. The van der Waals surface area contributed by atoms with Crippen molar-refractivity contribution in [3.63, 3.8) is 0 Å². The van der Waals surface area contributed by atoms with Gasteiger partial charge >= 0.3 is 0 Å². The first-order chi connectivity index (χ1) is 14.7. The lowest BCUT2D eigenvalue weighted by molar-refractivity contribution is 0.0762. The Bertz CT molecular complexity index is 1020. The zero-order valence-electron chi connectivity index (χ0n) is 18.0. The summed E-state index contributed by atoms with van der Waals surface area (Å²) in [5.74, 6) is 1.50. The van der Waals surface area contributed by atoms with Crippen molar-refractivity contribution < 1.29 is 17.9 Å². The summed E-state index contributed by atoms with van der Waals surface area (Å²) in [6.45, 7) is 5.09. The molecule has 11 heteroatoms. The summed E-state index contributed by atoms with van der Waals surface area (Å²) >= 11 is 5.86. The maximum absolute atomic E-state index is 13.4. The molecule has 1 saturated heterocycles. The van der Waals surface area contributed by atoms with Gasteiger partial charge in [0.25, 0.3) is 0 Å². The first-order valence-electron chi connectivity index (χ1n) is 10.5. The van der Waals surface area contributed by atoms with Gasteiger partial charge in [-0.1, -0.05) is 11.6 Å². The van der Waals surface area contributed by atoms with Crippen molar-refractivity contribution in [2.24, 2.45) is 0 Å². The van der Waals surface area contributed by atoms with Gasteiger partial charge in [-0.2, -0.15) is 0 Å². The number of rotatable bonds is 8. The molecular weight excluding hydrogens is 442 g/mol. The van der Waals surface area contributed by atoms with E-state index in [0.29, 0.717) is 17.5 Å². The summed E-state index contributed by atoms with van der Waals surface area (Å²) in [7, 11) is -2.20. The minimum atomic E-state index is -3.65. The van der Waals surface area contributed by atoms with Crippen LogP contribution in [-0.2, 0) is 30.6 Å². The highest BCUT2D eigenvalue weighted by Gasteiger charge is 2.45. The van der Waals surface area contributed by atoms with Crippen LogP contribution in [0.15, 0.2) is 12.4 Å². The van der Waals surface area contributed by atoms with Crippen LogP contribution < -0.4 is 0 Å². The molecule has 0 amide bonds. The van der Waals surface area contributed by atoms with Crippen LogP contribution in [0.4, 0.5) is 0 Å². The first kappa shape index (κ1) is 22.6. The molecule has 4 rings (SSSR count). The molecule has 3 heterocycles. The molecule has 2 aliphatic rings. The number of sulfone groups is 1. The number of hydrogen-bond acceptors (Lipinski definition) is 8. The van der Waals surface area contributed by atoms with Crippen molar-refractivity contribution in [3.05, 3.63) is 34.9 Å². The molecule has 31 heavy (non-hydrogen) atoms. The Kier molecular flexibility index (Phi) is 6.35. The Morgan fingerprint density at radius 1 is 1.32 bits per heavy atom. The Labute approximate surface area is 187 Å². The van der Waals surface area contributed by atoms with Gasteiger partial charge in [-0.05, 0) is 39.5 Å². The largest absolute Gasteiger partial charge is 0.381 e. The molecule has 2 aromatic rings. The number of hydrogen-bond donors (Lipinski definition) is 0. The third-order valence-corrected chi connectivity index (χ3v) is 8.50. The van der Waals surface area contributed by atoms with Gasteiger partial charge in [0.05, 0.1) is 16.9 Å². The van der Waals surface area contributed by atoms with E-state index in [1.807, 2.05) is 0 Å². The highest BCUT2D eigenvalue weighted by molar-refractivity contribution is 7.91. The molecule has 0 radical (unpaired) electrons. The SMILES string of the molecule is CO[C@H](c1ncc(Cl)cn1)[C@H](C)S(=O)(=O)Cc1nnc([C@H]2CCCOC2)n1C1(C)CC1. The van der Waals surface area contributed by atoms with E-state index in [1.165, 1.54) is 19.5 Å². The third-order valence-electron chi connectivity index (χ3n) is 6.27. The van der Waals surface area contributed by atoms with Crippen LogP contribution in [0.2, 0.25) is 5.02 Å². The average Bonchev–Trinajstić information content (AvgIpc) is 3.36. The van der Waals surface area contributed by atoms with Crippen LogP contribution >= 0.6 is 11.6 Å². The molecule has 0 aromatic carbocycles. The molecule has 1 aliphatic carbocycles. The zero-order valence-corrected chi connectivity index (χ0v) is 19.6. The predicted octanol–water partition coefficient (Wildman–Crippen LogP) is 2.82. The van der Waals surface area contributed by atoms with Gasteiger partial charge < -0.3 is 14.0 Å². The van der Waals surface area contributed by atoms with Crippen molar-refractivity contribution in [1.82, 2.24) is 24.7 Å². The van der Waals surface area contributed by atoms with Crippen LogP contribution in [-0.4, -0.2) is 58.7 Å². The number of aromatic nitrogens is 5. The fourth-order valence-electron chi connectivity index (χ4n) is 4.10. The van der Waals surface area contributed by atoms with Crippen LogP contribution in [0.3, 0.4) is 0 Å². The predicted molar refractivity (Wildman–Crippen MR) is 115 cm³/mol.